The van der Waals surface area contributed by atoms with Gasteiger partial charge in [0.05, 0.1) is 17.8 Å². The largest absolute Gasteiger partial charge is 0.388 e. The fraction of sp³-hybridized carbons (Fsp3) is 0.750. The average Bonchev–Trinajstić information content (AvgIpc) is 3.30. The van der Waals surface area contributed by atoms with Gasteiger partial charge >= 0.3 is 0 Å². The lowest BCUT2D eigenvalue weighted by molar-refractivity contribution is -0.105. The molecule has 3 nitrogen and oxygen atoms in total. The van der Waals surface area contributed by atoms with Crippen molar-refractivity contribution < 1.29 is 14.6 Å². The zero-order chi connectivity index (χ0) is 16.8. The molecule has 0 unspecified atom stereocenters. The summed E-state index contributed by atoms with van der Waals surface area (Å²) in [6, 6.07) is 0. The van der Waals surface area contributed by atoms with E-state index in [2.05, 4.69) is 33.8 Å². The first-order valence-electron chi connectivity index (χ1n) is 8.96. The number of aldehydes is 1. The second-order valence-corrected chi connectivity index (χ2v) is 8.54. The molecule has 3 aliphatic rings. The summed E-state index contributed by atoms with van der Waals surface area (Å²) in [4.78, 5) is 11.4. The van der Waals surface area contributed by atoms with Crippen LogP contribution >= 0.6 is 0 Å². The first kappa shape index (κ1) is 16.9. The molecule has 1 heterocycles. The fourth-order valence-electron chi connectivity index (χ4n) is 4.33. The van der Waals surface area contributed by atoms with Gasteiger partial charge in [-0.1, -0.05) is 31.6 Å². The lowest BCUT2D eigenvalue weighted by atomic mass is 9.94. The molecule has 0 aromatic heterocycles. The van der Waals surface area contributed by atoms with Crippen LogP contribution in [0.3, 0.4) is 0 Å². The highest BCUT2D eigenvalue weighted by Crippen LogP contribution is 2.62. The van der Waals surface area contributed by atoms with E-state index in [1.165, 1.54) is 5.57 Å². The van der Waals surface area contributed by atoms with Gasteiger partial charge in [0.2, 0.25) is 0 Å². The highest BCUT2D eigenvalue weighted by molar-refractivity contribution is 5.75. The molecule has 1 N–H and O–H groups in total. The Balaban J connectivity index is 1.80. The summed E-state index contributed by atoms with van der Waals surface area (Å²) >= 11 is 0. The number of epoxide rings is 1. The van der Waals surface area contributed by atoms with E-state index in [0.717, 1.165) is 32.0 Å². The molecule has 1 saturated heterocycles. The number of carbonyl (C=O) groups is 1. The predicted molar refractivity (Wildman–Crippen MR) is 91.0 cm³/mol. The number of ether oxygens (including phenoxy) is 1. The number of rotatable bonds is 1. The third-order valence-electron chi connectivity index (χ3n) is 6.51. The molecule has 3 heteroatoms. The summed E-state index contributed by atoms with van der Waals surface area (Å²) in [6.07, 6.45) is 9.48. The smallest absolute Gasteiger partial charge is 0.148 e. The molecule has 0 bridgehead atoms. The molecule has 1 saturated carbocycles. The molecule has 3 rings (SSSR count). The van der Waals surface area contributed by atoms with Gasteiger partial charge in [0, 0.05) is 5.57 Å². The van der Waals surface area contributed by atoms with E-state index in [9.17, 15) is 9.90 Å². The third-order valence-corrected chi connectivity index (χ3v) is 6.51. The number of aliphatic hydroxyl groups is 1. The molecule has 0 radical (unpaired) electrons. The van der Waals surface area contributed by atoms with Crippen molar-refractivity contribution in [1.29, 1.82) is 0 Å². The van der Waals surface area contributed by atoms with Crippen LogP contribution < -0.4 is 0 Å². The van der Waals surface area contributed by atoms with E-state index >= 15 is 0 Å². The van der Waals surface area contributed by atoms with Gasteiger partial charge in [-0.25, -0.2) is 0 Å². The van der Waals surface area contributed by atoms with E-state index in [-0.39, 0.29) is 11.0 Å². The number of hydrogen-bond acceptors (Lipinski definition) is 3. The van der Waals surface area contributed by atoms with Gasteiger partial charge in [0.1, 0.15) is 6.29 Å². The standard InChI is InChI=1S/C20H30O3/c1-13-5-7-17(22)14(12-21)11-16-15(19(16,2)3)9-10-20(4)18(23-20)8-6-13/h5,11-12,15-18,22H,6-10H2,1-4H3/t15-,16-,17+,18-,20-/m1/s1. The highest BCUT2D eigenvalue weighted by Gasteiger charge is 2.58. The van der Waals surface area contributed by atoms with Crippen molar-refractivity contribution in [2.45, 2.75) is 77.6 Å². The second kappa shape index (κ2) is 5.86. The Morgan fingerprint density at radius 3 is 2.74 bits per heavy atom. The van der Waals surface area contributed by atoms with Crippen LogP contribution in [0.5, 0.6) is 0 Å². The number of fused-ring (bicyclic) bond motifs is 2. The summed E-state index contributed by atoms with van der Waals surface area (Å²) in [7, 11) is 0. The molecule has 2 aliphatic carbocycles. The molecule has 5 atom stereocenters. The molecular weight excluding hydrogens is 288 g/mol. The molecule has 23 heavy (non-hydrogen) atoms. The Morgan fingerprint density at radius 1 is 1.30 bits per heavy atom. The summed E-state index contributed by atoms with van der Waals surface area (Å²) in [5, 5.41) is 10.3. The molecule has 0 aromatic rings. The molecule has 128 valence electrons. The van der Waals surface area contributed by atoms with Crippen molar-refractivity contribution in [3.63, 3.8) is 0 Å². The van der Waals surface area contributed by atoms with Gasteiger partial charge in [0.15, 0.2) is 0 Å². The minimum Gasteiger partial charge on any atom is -0.388 e. The van der Waals surface area contributed by atoms with Crippen LogP contribution in [-0.2, 0) is 9.53 Å². The van der Waals surface area contributed by atoms with Crippen LogP contribution in [0, 0.1) is 17.3 Å². The highest BCUT2D eigenvalue weighted by atomic mass is 16.6. The number of aliphatic hydroxyl groups excluding tert-OH is 1. The monoisotopic (exact) mass is 318 g/mol. The first-order valence-corrected chi connectivity index (χ1v) is 8.96. The SMILES string of the molecule is CC1=CC[C@H](O)C(C=O)=C[C@@H]2[C@@H](CC[C@@]3(C)O[C@@H]3CC1)C2(C)C. The predicted octanol–water partition coefficient (Wildman–Crippen LogP) is 3.81. The maximum atomic E-state index is 11.4. The maximum absolute atomic E-state index is 11.4. The lowest BCUT2D eigenvalue weighted by Crippen LogP contribution is -2.12. The molecular formula is C20H30O3. The van der Waals surface area contributed by atoms with E-state index in [4.69, 9.17) is 4.74 Å². The Bertz CT molecular complexity index is 545. The quantitative estimate of drug-likeness (QED) is 0.454. The third kappa shape index (κ3) is 3.32. The van der Waals surface area contributed by atoms with Gasteiger partial charge in [0.25, 0.3) is 0 Å². The lowest BCUT2D eigenvalue weighted by Gasteiger charge is -2.10. The average molecular weight is 318 g/mol. The van der Waals surface area contributed by atoms with Gasteiger partial charge in [-0.2, -0.15) is 0 Å². The molecule has 0 spiro atoms. The Kier molecular flexibility index (Phi) is 4.31. The van der Waals surface area contributed by atoms with E-state index < -0.39 is 6.10 Å². The molecule has 1 aliphatic heterocycles. The van der Waals surface area contributed by atoms with E-state index in [0.29, 0.717) is 29.9 Å². The topological polar surface area (TPSA) is 49.8 Å². The van der Waals surface area contributed by atoms with Gasteiger partial charge in [-0.15, -0.1) is 0 Å². The van der Waals surface area contributed by atoms with Crippen molar-refractivity contribution in [3.8, 4) is 0 Å². The van der Waals surface area contributed by atoms with Crippen molar-refractivity contribution in [2.24, 2.45) is 17.3 Å². The maximum Gasteiger partial charge on any atom is 0.148 e. The number of hydrogen-bond donors (Lipinski definition) is 1. The minimum absolute atomic E-state index is 0.0599. The summed E-state index contributed by atoms with van der Waals surface area (Å²) in [5.74, 6) is 0.984. The van der Waals surface area contributed by atoms with Crippen molar-refractivity contribution in [3.05, 3.63) is 23.3 Å². The second-order valence-electron chi connectivity index (χ2n) is 8.54. The van der Waals surface area contributed by atoms with Crippen molar-refractivity contribution in [1.82, 2.24) is 0 Å². The van der Waals surface area contributed by atoms with Crippen molar-refractivity contribution >= 4 is 6.29 Å². The molecule has 0 amide bonds. The van der Waals surface area contributed by atoms with Crippen LogP contribution in [0.15, 0.2) is 23.3 Å². The van der Waals surface area contributed by atoms with Crippen molar-refractivity contribution in [2.75, 3.05) is 0 Å². The Morgan fingerprint density at radius 2 is 2.04 bits per heavy atom. The molecule has 2 fully saturated rings. The van der Waals surface area contributed by atoms with Crippen LogP contribution in [0.2, 0.25) is 0 Å². The van der Waals surface area contributed by atoms with Gasteiger partial charge in [-0.3, -0.25) is 4.79 Å². The van der Waals surface area contributed by atoms with Crippen LogP contribution in [0.25, 0.3) is 0 Å². The fourth-order valence-corrected chi connectivity index (χ4v) is 4.33. The number of allylic oxidation sites excluding steroid dienone is 2. The van der Waals surface area contributed by atoms with Crippen LogP contribution in [0.1, 0.15) is 59.8 Å². The van der Waals surface area contributed by atoms with Crippen LogP contribution in [0.4, 0.5) is 0 Å². The zero-order valence-electron chi connectivity index (χ0n) is 14.8. The van der Waals surface area contributed by atoms with Gasteiger partial charge in [-0.05, 0) is 63.2 Å². The van der Waals surface area contributed by atoms with E-state index in [1.807, 2.05) is 6.08 Å². The number of carbonyl (C=O) groups excluding carboxylic acids is 1. The Hall–Kier alpha value is -0.930. The summed E-state index contributed by atoms with van der Waals surface area (Å²) in [5.41, 5.74) is 2.11. The van der Waals surface area contributed by atoms with Gasteiger partial charge < -0.3 is 9.84 Å². The first-order chi connectivity index (χ1) is 10.8. The van der Waals surface area contributed by atoms with E-state index in [1.54, 1.807) is 0 Å². The minimum atomic E-state index is -0.676. The van der Waals surface area contributed by atoms with Crippen LogP contribution in [-0.4, -0.2) is 29.2 Å². The summed E-state index contributed by atoms with van der Waals surface area (Å²) < 4.78 is 5.98. The Labute approximate surface area is 139 Å². The summed E-state index contributed by atoms with van der Waals surface area (Å²) in [6.45, 7) is 8.87. The zero-order valence-corrected chi connectivity index (χ0v) is 14.8. The molecule has 0 aromatic carbocycles. The normalized spacial score (nSPS) is 43.2.